The molecule has 1 saturated heterocycles. The Kier molecular flexibility index (Phi) is 5.26. The fraction of sp³-hybridized carbons (Fsp3) is 0.333. The Morgan fingerprint density at radius 2 is 2.05 bits per heavy atom. The molecule has 1 aromatic rings. The van der Waals surface area contributed by atoms with E-state index >= 15 is 0 Å². The van der Waals surface area contributed by atoms with Gasteiger partial charge in [0, 0.05) is 19.2 Å². The van der Waals surface area contributed by atoms with Gasteiger partial charge in [-0.25, -0.2) is 0 Å². The Labute approximate surface area is 133 Å². The first-order valence-corrected chi connectivity index (χ1v) is 7.38. The number of halogens is 2. The highest BCUT2D eigenvalue weighted by Crippen LogP contribution is 2.23. The number of hydrogen-bond acceptors (Lipinski definition) is 2. The van der Waals surface area contributed by atoms with Gasteiger partial charge in [0.2, 0.25) is 5.91 Å². The SMILES string of the molecule is O=C(O)C1CCCN(C(=O)/C=C/c2ccc(Cl)c(Cl)c2)C1. The molecule has 1 aromatic carbocycles. The van der Waals surface area contributed by atoms with E-state index < -0.39 is 11.9 Å². The Hall–Kier alpha value is -1.52. The third kappa shape index (κ3) is 4.22. The number of likely N-dealkylation sites (tertiary alicyclic amines) is 1. The molecule has 4 nitrogen and oxygen atoms in total. The summed E-state index contributed by atoms with van der Waals surface area (Å²) in [5, 5.41) is 9.90. The van der Waals surface area contributed by atoms with Gasteiger partial charge in [0.15, 0.2) is 0 Å². The van der Waals surface area contributed by atoms with E-state index in [4.69, 9.17) is 28.3 Å². The molecule has 1 aliphatic rings. The van der Waals surface area contributed by atoms with Crippen molar-refractivity contribution in [1.82, 2.24) is 4.90 Å². The van der Waals surface area contributed by atoms with Crippen LogP contribution in [0, 0.1) is 5.92 Å². The molecule has 112 valence electrons. The fourth-order valence-corrected chi connectivity index (χ4v) is 2.57. The third-order valence-electron chi connectivity index (χ3n) is 3.44. The highest BCUT2D eigenvalue weighted by atomic mass is 35.5. The molecular weight excluding hydrogens is 313 g/mol. The number of carboxylic acid groups (broad SMARTS) is 1. The van der Waals surface area contributed by atoms with Crippen LogP contribution in [0.2, 0.25) is 10.0 Å². The van der Waals surface area contributed by atoms with Crippen LogP contribution in [0.25, 0.3) is 6.08 Å². The normalized spacial score (nSPS) is 19.0. The van der Waals surface area contributed by atoms with Crippen LogP contribution in [0.5, 0.6) is 0 Å². The molecule has 0 aromatic heterocycles. The molecule has 21 heavy (non-hydrogen) atoms. The van der Waals surface area contributed by atoms with Crippen LogP contribution < -0.4 is 0 Å². The number of piperidine rings is 1. The van der Waals surface area contributed by atoms with Crippen molar-refractivity contribution >= 4 is 41.2 Å². The molecule has 1 atom stereocenters. The lowest BCUT2D eigenvalue weighted by molar-refractivity contribution is -0.144. The molecule has 2 rings (SSSR count). The molecule has 0 spiro atoms. The molecule has 0 saturated carbocycles. The minimum atomic E-state index is -0.846. The molecule has 1 heterocycles. The van der Waals surface area contributed by atoms with Crippen molar-refractivity contribution in [2.75, 3.05) is 13.1 Å². The summed E-state index contributed by atoms with van der Waals surface area (Å²) < 4.78 is 0. The Balaban J connectivity index is 2.01. The van der Waals surface area contributed by atoms with Gasteiger partial charge in [0.1, 0.15) is 0 Å². The van der Waals surface area contributed by atoms with Gasteiger partial charge in [-0.15, -0.1) is 0 Å². The maximum Gasteiger partial charge on any atom is 0.308 e. The van der Waals surface area contributed by atoms with E-state index in [-0.39, 0.29) is 12.5 Å². The third-order valence-corrected chi connectivity index (χ3v) is 4.18. The average molecular weight is 328 g/mol. The van der Waals surface area contributed by atoms with Gasteiger partial charge in [0.05, 0.1) is 16.0 Å². The van der Waals surface area contributed by atoms with Gasteiger partial charge in [0.25, 0.3) is 0 Å². The first kappa shape index (κ1) is 15.9. The van der Waals surface area contributed by atoms with Crippen LogP contribution in [-0.4, -0.2) is 35.0 Å². The van der Waals surface area contributed by atoms with E-state index in [1.807, 2.05) is 0 Å². The van der Waals surface area contributed by atoms with Crippen molar-refractivity contribution in [3.63, 3.8) is 0 Å². The van der Waals surface area contributed by atoms with Crippen molar-refractivity contribution in [3.8, 4) is 0 Å². The lowest BCUT2D eigenvalue weighted by Gasteiger charge is -2.29. The lowest BCUT2D eigenvalue weighted by atomic mass is 9.98. The van der Waals surface area contributed by atoms with E-state index in [0.717, 1.165) is 5.56 Å². The topological polar surface area (TPSA) is 57.6 Å². The summed E-state index contributed by atoms with van der Waals surface area (Å²) in [5.41, 5.74) is 0.768. The van der Waals surface area contributed by atoms with Gasteiger partial charge in [-0.2, -0.15) is 0 Å². The molecule has 6 heteroatoms. The molecule has 1 aliphatic heterocycles. The number of rotatable bonds is 3. The van der Waals surface area contributed by atoms with Crippen LogP contribution in [-0.2, 0) is 9.59 Å². The van der Waals surface area contributed by atoms with E-state index in [0.29, 0.717) is 29.4 Å². The maximum atomic E-state index is 12.1. The van der Waals surface area contributed by atoms with Crippen LogP contribution in [0.3, 0.4) is 0 Å². The van der Waals surface area contributed by atoms with Crippen LogP contribution in [0.1, 0.15) is 18.4 Å². The monoisotopic (exact) mass is 327 g/mol. The number of benzene rings is 1. The van der Waals surface area contributed by atoms with Crippen LogP contribution >= 0.6 is 23.2 Å². The molecule has 0 bridgehead atoms. The van der Waals surface area contributed by atoms with Gasteiger partial charge in [-0.1, -0.05) is 29.3 Å². The highest BCUT2D eigenvalue weighted by Gasteiger charge is 2.27. The Morgan fingerprint density at radius 3 is 2.71 bits per heavy atom. The standard InChI is InChI=1S/C15H15Cl2NO3/c16-12-5-3-10(8-13(12)17)4-6-14(19)18-7-1-2-11(9-18)15(20)21/h3-6,8,11H,1-2,7,9H2,(H,20,21)/b6-4+. The minimum Gasteiger partial charge on any atom is -0.481 e. The molecule has 1 amide bonds. The van der Waals surface area contributed by atoms with E-state index in [9.17, 15) is 9.59 Å². The second-order valence-corrected chi connectivity index (χ2v) is 5.78. The van der Waals surface area contributed by atoms with Crippen LogP contribution in [0.4, 0.5) is 0 Å². The zero-order valence-electron chi connectivity index (χ0n) is 11.3. The number of carbonyl (C=O) groups is 2. The second kappa shape index (κ2) is 6.96. The van der Waals surface area contributed by atoms with E-state index in [2.05, 4.69) is 0 Å². The predicted molar refractivity (Wildman–Crippen MR) is 82.4 cm³/mol. The number of nitrogens with zero attached hydrogens (tertiary/aromatic N) is 1. The number of carboxylic acids is 1. The van der Waals surface area contributed by atoms with E-state index in [1.54, 1.807) is 29.2 Å². The van der Waals surface area contributed by atoms with Crippen molar-refractivity contribution in [2.24, 2.45) is 5.92 Å². The molecule has 1 unspecified atom stereocenters. The van der Waals surface area contributed by atoms with Crippen molar-refractivity contribution in [2.45, 2.75) is 12.8 Å². The number of aliphatic carboxylic acids is 1. The van der Waals surface area contributed by atoms with Crippen molar-refractivity contribution in [1.29, 1.82) is 0 Å². The zero-order chi connectivity index (χ0) is 15.4. The molecule has 0 radical (unpaired) electrons. The van der Waals surface area contributed by atoms with Crippen molar-refractivity contribution < 1.29 is 14.7 Å². The largest absolute Gasteiger partial charge is 0.481 e. The Morgan fingerprint density at radius 1 is 1.29 bits per heavy atom. The number of carbonyl (C=O) groups excluding carboxylic acids is 1. The van der Waals surface area contributed by atoms with Crippen molar-refractivity contribution in [3.05, 3.63) is 39.9 Å². The molecule has 1 N–H and O–H groups in total. The summed E-state index contributed by atoms with van der Waals surface area (Å²) in [6, 6.07) is 5.09. The summed E-state index contributed by atoms with van der Waals surface area (Å²) in [5.74, 6) is -1.51. The number of amides is 1. The smallest absolute Gasteiger partial charge is 0.308 e. The maximum absolute atomic E-state index is 12.1. The average Bonchev–Trinajstić information content (AvgIpc) is 2.48. The van der Waals surface area contributed by atoms with Gasteiger partial charge < -0.3 is 10.0 Å². The fourth-order valence-electron chi connectivity index (χ4n) is 2.27. The van der Waals surface area contributed by atoms with E-state index in [1.165, 1.54) is 6.08 Å². The predicted octanol–water partition coefficient (Wildman–Crippen LogP) is 3.33. The summed E-state index contributed by atoms with van der Waals surface area (Å²) in [4.78, 5) is 24.6. The first-order valence-electron chi connectivity index (χ1n) is 6.62. The lowest BCUT2D eigenvalue weighted by Crippen LogP contribution is -2.41. The summed E-state index contributed by atoms with van der Waals surface area (Å²) in [6.45, 7) is 0.855. The molecule has 0 aliphatic carbocycles. The summed E-state index contributed by atoms with van der Waals surface area (Å²) in [6.07, 6.45) is 4.41. The van der Waals surface area contributed by atoms with Gasteiger partial charge in [-0.05, 0) is 36.6 Å². The van der Waals surface area contributed by atoms with Crippen LogP contribution in [0.15, 0.2) is 24.3 Å². The Bertz CT molecular complexity index is 586. The second-order valence-electron chi connectivity index (χ2n) is 4.97. The zero-order valence-corrected chi connectivity index (χ0v) is 12.8. The first-order chi connectivity index (χ1) is 9.97. The highest BCUT2D eigenvalue weighted by molar-refractivity contribution is 6.42. The quantitative estimate of drug-likeness (QED) is 0.866. The molecule has 1 fully saturated rings. The molecular formula is C15H15Cl2NO3. The number of hydrogen-bond donors (Lipinski definition) is 1. The summed E-state index contributed by atoms with van der Waals surface area (Å²) in [7, 11) is 0. The summed E-state index contributed by atoms with van der Waals surface area (Å²) >= 11 is 11.7. The van der Waals surface area contributed by atoms with Gasteiger partial charge in [-0.3, -0.25) is 9.59 Å². The van der Waals surface area contributed by atoms with Gasteiger partial charge >= 0.3 is 5.97 Å². The minimum absolute atomic E-state index is 0.188.